The third-order valence-electron chi connectivity index (χ3n) is 2.96. The van der Waals surface area contributed by atoms with E-state index in [-0.39, 0.29) is 0 Å². The van der Waals surface area contributed by atoms with Crippen molar-refractivity contribution in [1.29, 1.82) is 0 Å². The smallest absolute Gasteiger partial charge is 0.0168 e. The van der Waals surface area contributed by atoms with E-state index < -0.39 is 0 Å². The molecule has 1 aliphatic rings. The molecule has 0 radical (unpaired) electrons. The van der Waals surface area contributed by atoms with E-state index in [1.54, 1.807) is 0 Å². The molecular formula is C12H22. The Morgan fingerprint density at radius 2 is 2.17 bits per heavy atom. The van der Waals surface area contributed by atoms with Crippen molar-refractivity contribution >= 4 is 0 Å². The molecule has 0 aromatic carbocycles. The summed E-state index contributed by atoms with van der Waals surface area (Å²) in [6, 6.07) is 0. The molecule has 1 rings (SSSR count). The zero-order valence-electron chi connectivity index (χ0n) is 8.60. The third-order valence-corrected chi connectivity index (χ3v) is 2.96. The van der Waals surface area contributed by atoms with Crippen LogP contribution in [0.25, 0.3) is 0 Å². The van der Waals surface area contributed by atoms with Gasteiger partial charge in [0.05, 0.1) is 0 Å². The van der Waals surface area contributed by atoms with Gasteiger partial charge in [-0.1, -0.05) is 51.7 Å². The number of hydrogen-bond acceptors (Lipinski definition) is 0. The standard InChI is InChI=1S/C12H22/c1-4-6-10(2)7-5-8-12-9-11(12)3/h10,12H,3-9H2,1-2H3. The van der Waals surface area contributed by atoms with Crippen LogP contribution in [0.4, 0.5) is 0 Å². The molecule has 0 nitrogen and oxygen atoms in total. The maximum absolute atomic E-state index is 3.98. The van der Waals surface area contributed by atoms with Gasteiger partial charge in [-0.15, -0.1) is 0 Å². The van der Waals surface area contributed by atoms with E-state index in [2.05, 4.69) is 20.4 Å². The fourth-order valence-electron chi connectivity index (χ4n) is 1.91. The molecule has 2 unspecified atom stereocenters. The van der Waals surface area contributed by atoms with Crippen molar-refractivity contribution < 1.29 is 0 Å². The molecule has 70 valence electrons. The summed E-state index contributed by atoms with van der Waals surface area (Å²) in [5, 5.41) is 0. The van der Waals surface area contributed by atoms with Crippen LogP contribution in [0.15, 0.2) is 12.2 Å². The Labute approximate surface area is 77.1 Å². The van der Waals surface area contributed by atoms with Crippen LogP contribution < -0.4 is 0 Å². The molecule has 0 aromatic rings. The normalized spacial score (nSPS) is 24.2. The van der Waals surface area contributed by atoms with Gasteiger partial charge in [0.15, 0.2) is 0 Å². The Morgan fingerprint density at radius 1 is 1.50 bits per heavy atom. The molecule has 2 atom stereocenters. The van der Waals surface area contributed by atoms with Crippen molar-refractivity contribution in [2.45, 2.75) is 52.4 Å². The predicted molar refractivity (Wildman–Crippen MR) is 55.2 cm³/mol. The minimum atomic E-state index is 0.916. The summed E-state index contributed by atoms with van der Waals surface area (Å²) >= 11 is 0. The SMILES string of the molecule is C=C1CC1CCCC(C)CCC. The quantitative estimate of drug-likeness (QED) is 0.519. The van der Waals surface area contributed by atoms with Crippen LogP contribution >= 0.6 is 0 Å². The summed E-state index contributed by atoms with van der Waals surface area (Å²) in [4.78, 5) is 0. The fraction of sp³-hybridized carbons (Fsp3) is 0.833. The van der Waals surface area contributed by atoms with Crippen molar-refractivity contribution in [2.75, 3.05) is 0 Å². The van der Waals surface area contributed by atoms with Crippen molar-refractivity contribution in [1.82, 2.24) is 0 Å². The van der Waals surface area contributed by atoms with E-state index in [9.17, 15) is 0 Å². The highest BCUT2D eigenvalue weighted by atomic mass is 14.3. The molecule has 0 saturated heterocycles. The molecule has 0 spiro atoms. The van der Waals surface area contributed by atoms with Crippen LogP contribution in [-0.4, -0.2) is 0 Å². The molecule has 0 N–H and O–H groups in total. The van der Waals surface area contributed by atoms with Crippen LogP contribution in [-0.2, 0) is 0 Å². The molecule has 0 amide bonds. The van der Waals surface area contributed by atoms with Crippen LogP contribution in [0.3, 0.4) is 0 Å². The number of rotatable bonds is 6. The molecule has 1 saturated carbocycles. The third kappa shape index (κ3) is 3.42. The average Bonchev–Trinajstić information content (AvgIpc) is 2.67. The van der Waals surface area contributed by atoms with Gasteiger partial charge in [-0.25, -0.2) is 0 Å². The first-order valence-electron chi connectivity index (χ1n) is 5.41. The maximum atomic E-state index is 3.98. The summed E-state index contributed by atoms with van der Waals surface area (Å²) in [5.74, 6) is 1.86. The highest BCUT2D eigenvalue weighted by Crippen LogP contribution is 2.40. The first-order chi connectivity index (χ1) is 5.74. The van der Waals surface area contributed by atoms with Gasteiger partial charge < -0.3 is 0 Å². The van der Waals surface area contributed by atoms with E-state index >= 15 is 0 Å². The molecular weight excluding hydrogens is 144 g/mol. The van der Waals surface area contributed by atoms with Crippen molar-refractivity contribution in [3.05, 3.63) is 12.2 Å². The lowest BCUT2D eigenvalue weighted by Gasteiger charge is -2.08. The Morgan fingerprint density at radius 3 is 2.67 bits per heavy atom. The largest absolute Gasteiger partial charge is 0.0995 e. The fourth-order valence-corrected chi connectivity index (χ4v) is 1.91. The van der Waals surface area contributed by atoms with E-state index in [4.69, 9.17) is 0 Å². The Balaban J connectivity index is 1.91. The average molecular weight is 166 g/mol. The lowest BCUT2D eigenvalue weighted by molar-refractivity contribution is 0.454. The predicted octanol–water partition coefficient (Wildman–Crippen LogP) is 4.17. The minimum Gasteiger partial charge on any atom is -0.0995 e. The molecule has 0 aromatic heterocycles. The zero-order valence-corrected chi connectivity index (χ0v) is 8.60. The van der Waals surface area contributed by atoms with Gasteiger partial charge in [0.1, 0.15) is 0 Å². The molecule has 0 heterocycles. The van der Waals surface area contributed by atoms with Crippen LogP contribution in [0, 0.1) is 11.8 Å². The van der Waals surface area contributed by atoms with Gasteiger partial charge in [0.25, 0.3) is 0 Å². The zero-order chi connectivity index (χ0) is 8.97. The highest BCUT2D eigenvalue weighted by molar-refractivity contribution is 5.18. The molecule has 0 bridgehead atoms. The van der Waals surface area contributed by atoms with Gasteiger partial charge in [0, 0.05) is 0 Å². The Kier molecular flexibility index (Phi) is 3.84. The molecule has 1 aliphatic carbocycles. The van der Waals surface area contributed by atoms with Gasteiger partial charge in [-0.3, -0.25) is 0 Å². The summed E-state index contributed by atoms with van der Waals surface area (Å²) in [7, 11) is 0. The number of hydrogen-bond donors (Lipinski definition) is 0. The van der Waals surface area contributed by atoms with Crippen LogP contribution in [0.2, 0.25) is 0 Å². The Bertz CT molecular complexity index is 146. The second-order valence-electron chi connectivity index (χ2n) is 4.38. The van der Waals surface area contributed by atoms with Crippen LogP contribution in [0.5, 0.6) is 0 Å². The molecule has 0 heteroatoms. The van der Waals surface area contributed by atoms with E-state index in [1.807, 2.05) is 0 Å². The van der Waals surface area contributed by atoms with Crippen molar-refractivity contribution in [3.63, 3.8) is 0 Å². The highest BCUT2D eigenvalue weighted by Gasteiger charge is 2.25. The summed E-state index contributed by atoms with van der Waals surface area (Å²) in [6.07, 6.45) is 8.33. The lowest BCUT2D eigenvalue weighted by Crippen LogP contribution is -1.93. The lowest BCUT2D eigenvalue weighted by atomic mass is 9.98. The first kappa shape index (κ1) is 9.83. The molecule has 12 heavy (non-hydrogen) atoms. The first-order valence-corrected chi connectivity index (χ1v) is 5.41. The van der Waals surface area contributed by atoms with E-state index in [0.29, 0.717) is 0 Å². The van der Waals surface area contributed by atoms with Gasteiger partial charge >= 0.3 is 0 Å². The van der Waals surface area contributed by atoms with E-state index in [0.717, 1.165) is 11.8 Å². The maximum Gasteiger partial charge on any atom is -0.0168 e. The molecule has 0 aliphatic heterocycles. The second-order valence-corrected chi connectivity index (χ2v) is 4.38. The van der Waals surface area contributed by atoms with Crippen molar-refractivity contribution in [2.24, 2.45) is 11.8 Å². The van der Waals surface area contributed by atoms with E-state index in [1.165, 1.54) is 44.1 Å². The van der Waals surface area contributed by atoms with Gasteiger partial charge in [0.2, 0.25) is 0 Å². The Hall–Kier alpha value is -0.260. The second kappa shape index (κ2) is 4.69. The minimum absolute atomic E-state index is 0.916. The van der Waals surface area contributed by atoms with Gasteiger partial charge in [-0.05, 0) is 24.7 Å². The van der Waals surface area contributed by atoms with Crippen LogP contribution in [0.1, 0.15) is 52.4 Å². The molecule has 1 fully saturated rings. The summed E-state index contributed by atoms with van der Waals surface area (Å²) in [6.45, 7) is 8.64. The summed E-state index contributed by atoms with van der Waals surface area (Å²) < 4.78 is 0. The topological polar surface area (TPSA) is 0 Å². The van der Waals surface area contributed by atoms with Gasteiger partial charge in [-0.2, -0.15) is 0 Å². The summed E-state index contributed by atoms with van der Waals surface area (Å²) in [5.41, 5.74) is 1.50. The number of allylic oxidation sites excluding steroid dienone is 1. The monoisotopic (exact) mass is 166 g/mol. The van der Waals surface area contributed by atoms with Crippen molar-refractivity contribution in [3.8, 4) is 0 Å².